The molecule has 1 aliphatic heterocycles. The van der Waals surface area contributed by atoms with Crippen molar-refractivity contribution >= 4 is 23.6 Å². The molecule has 1 heterocycles. The molecule has 0 aromatic rings. The lowest BCUT2D eigenvalue weighted by Gasteiger charge is -2.03. The Hall–Kier alpha value is -0.640. The zero-order chi connectivity index (χ0) is 5.98. The molecule has 0 radical (unpaired) electrons. The first-order valence-electron chi connectivity index (χ1n) is 2.24. The Labute approximate surface area is 52.5 Å². The Kier molecular flexibility index (Phi) is 1.43. The normalized spacial score (nSPS) is 25.2. The minimum absolute atomic E-state index is 0.148. The zero-order valence-electron chi connectivity index (χ0n) is 4.20. The summed E-state index contributed by atoms with van der Waals surface area (Å²) in [6.45, 7) is 0.579. The smallest absolute Gasteiger partial charge is 0.170 e. The van der Waals surface area contributed by atoms with Gasteiger partial charge in [-0.3, -0.25) is 4.99 Å². The van der Waals surface area contributed by atoms with E-state index in [1.165, 1.54) is 6.40 Å². The predicted octanol–water partition coefficient (Wildman–Crippen LogP) is -0.300. The molecule has 0 fully saturated rings. The molecule has 0 aromatic carbocycles. The van der Waals surface area contributed by atoms with Crippen LogP contribution in [0.4, 0.5) is 0 Å². The van der Waals surface area contributed by atoms with Gasteiger partial charge < -0.3 is 10.5 Å². The standard InChI is InChI=1S/C4H6N2OS/c5-4(8)3-1-6-2-7-3/h2-3H,1H2,(H2,5,8). The van der Waals surface area contributed by atoms with Gasteiger partial charge in [0.25, 0.3) is 0 Å². The minimum Gasteiger partial charge on any atom is -0.471 e. The number of nitrogens with two attached hydrogens (primary N) is 1. The van der Waals surface area contributed by atoms with Gasteiger partial charge in [-0.25, -0.2) is 0 Å². The SMILES string of the molecule is NC(=S)C1CN=CO1. The Balaban J connectivity index is 2.41. The highest BCUT2D eigenvalue weighted by molar-refractivity contribution is 7.80. The van der Waals surface area contributed by atoms with E-state index in [-0.39, 0.29) is 6.10 Å². The zero-order valence-corrected chi connectivity index (χ0v) is 5.02. The van der Waals surface area contributed by atoms with Gasteiger partial charge in [-0.1, -0.05) is 12.2 Å². The van der Waals surface area contributed by atoms with Crippen LogP contribution in [0.3, 0.4) is 0 Å². The Morgan fingerprint density at radius 2 is 2.75 bits per heavy atom. The number of nitrogens with zero attached hydrogens (tertiary/aromatic N) is 1. The van der Waals surface area contributed by atoms with Gasteiger partial charge in [0.15, 0.2) is 12.5 Å². The van der Waals surface area contributed by atoms with Crippen molar-refractivity contribution < 1.29 is 4.74 Å². The number of thiocarbonyl (C=S) groups is 1. The Bertz CT molecular complexity index is 126. The average Bonchev–Trinajstić information content (AvgIpc) is 2.12. The molecule has 0 saturated carbocycles. The molecule has 8 heavy (non-hydrogen) atoms. The van der Waals surface area contributed by atoms with Crippen LogP contribution in [0.2, 0.25) is 0 Å². The third-order valence-electron chi connectivity index (χ3n) is 0.888. The second-order valence-corrected chi connectivity index (χ2v) is 1.97. The van der Waals surface area contributed by atoms with Crippen molar-refractivity contribution in [2.45, 2.75) is 6.10 Å². The molecule has 0 saturated heterocycles. The summed E-state index contributed by atoms with van der Waals surface area (Å²) in [6, 6.07) is 0. The van der Waals surface area contributed by atoms with Crippen LogP contribution in [-0.2, 0) is 4.74 Å². The maximum Gasteiger partial charge on any atom is 0.170 e. The summed E-state index contributed by atoms with van der Waals surface area (Å²) in [5.74, 6) is 0. The predicted molar refractivity (Wildman–Crippen MR) is 35.0 cm³/mol. The Morgan fingerprint density at radius 3 is 3.00 bits per heavy atom. The van der Waals surface area contributed by atoms with E-state index in [0.717, 1.165) is 0 Å². The third kappa shape index (κ3) is 0.949. The second-order valence-electron chi connectivity index (χ2n) is 1.50. The summed E-state index contributed by atoms with van der Waals surface area (Å²) in [4.78, 5) is 4.15. The van der Waals surface area contributed by atoms with Gasteiger partial charge in [0.05, 0.1) is 6.54 Å². The van der Waals surface area contributed by atoms with E-state index < -0.39 is 0 Å². The number of hydrogen-bond donors (Lipinski definition) is 1. The fourth-order valence-electron chi connectivity index (χ4n) is 0.455. The Morgan fingerprint density at radius 1 is 2.00 bits per heavy atom. The molecule has 44 valence electrons. The van der Waals surface area contributed by atoms with Gasteiger partial charge in [-0.2, -0.15) is 0 Å². The van der Waals surface area contributed by atoms with Gasteiger partial charge >= 0.3 is 0 Å². The van der Waals surface area contributed by atoms with Gasteiger partial charge in [0, 0.05) is 0 Å². The van der Waals surface area contributed by atoms with Crippen LogP contribution in [-0.4, -0.2) is 24.0 Å². The van der Waals surface area contributed by atoms with Crippen LogP contribution in [0.25, 0.3) is 0 Å². The van der Waals surface area contributed by atoms with Crippen LogP contribution in [0.5, 0.6) is 0 Å². The quantitative estimate of drug-likeness (QED) is 0.496. The van der Waals surface area contributed by atoms with E-state index in [4.69, 9.17) is 10.5 Å². The summed E-state index contributed by atoms with van der Waals surface area (Å²) < 4.78 is 4.86. The molecule has 0 aliphatic carbocycles. The summed E-state index contributed by atoms with van der Waals surface area (Å²) in [5.41, 5.74) is 5.22. The van der Waals surface area contributed by atoms with Crippen LogP contribution >= 0.6 is 12.2 Å². The number of rotatable bonds is 1. The van der Waals surface area contributed by atoms with E-state index in [2.05, 4.69) is 17.2 Å². The average molecular weight is 130 g/mol. The first-order chi connectivity index (χ1) is 3.80. The topological polar surface area (TPSA) is 47.6 Å². The molecule has 3 nitrogen and oxygen atoms in total. The van der Waals surface area contributed by atoms with Gasteiger partial charge in [0.2, 0.25) is 0 Å². The molecule has 0 aromatic heterocycles. The van der Waals surface area contributed by atoms with Crippen molar-refractivity contribution in [2.24, 2.45) is 10.7 Å². The summed E-state index contributed by atoms with van der Waals surface area (Å²) in [6.07, 6.45) is 1.23. The van der Waals surface area contributed by atoms with E-state index in [1.54, 1.807) is 0 Å². The lowest BCUT2D eigenvalue weighted by atomic mass is 10.4. The monoisotopic (exact) mass is 130 g/mol. The molecular weight excluding hydrogens is 124 g/mol. The molecule has 2 N–H and O–H groups in total. The van der Waals surface area contributed by atoms with E-state index in [0.29, 0.717) is 11.5 Å². The molecule has 1 unspecified atom stereocenters. The van der Waals surface area contributed by atoms with Crippen molar-refractivity contribution in [3.8, 4) is 0 Å². The number of aliphatic imine (C=N–C) groups is 1. The van der Waals surface area contributed by atoms with Crippen LogP contribution in [0.1, 0.15) is 0 Å². The highest BCUT2D eigenvalue weighted by Gasteiger charge is 2.13. The number of hydrogen-bond acceptors (Lipinski definition) is 3. The highest BCUT2D eigenvalue weighted by Crippen LogP contribution is 1.97. The molecule has 0 amide bonds. The molecule has 4 heteroatoms. The summed E-state index contributed by atoms with van der Waals surface area (Å²) >= 11 is 4.63. The maximum atomic E-state index is 5.22. The van der Waals surface area contributed by atoms with Crippen LogP contribution < -0.4 is 5.73 Å². The first kappa shape index (κ1) is 5.50. The highest BCUT2D eigenvalue weighted by atomic mass is 32.1. The fourth-order valence-corrected chi connectivity index (χ4v) is 0.585. The van der Waals surface area contributed by atoms with Gasteiger partial charge in [-0.15, -0.1) is 0 Å². The lowest BCUT2D eigenvalue weighted by molar-refractivity contribution is 0.305. The molecule has 1 aliphatic rings. The molecule has 1 atom stereocenters. The van der Waals surface area contributed by atoms with E-state index >= 15 is 0 Å². The van der Waals surface area contributed by atoms with Crippen molar-refractivity contribution in [1.29, 1.82) is 0 Å². The lowest BCUT2D eigenvalue weighted by Crippen LogP contribution is -2.28. The summed E-state index contributed by atoms with van der Waals surface area (Å²) in [5, 5.41) is 0. The molecular formula is C4H6N2OS. The van der Waals surface area contributed by atoms with Crippen molar-refractivity contribution in [2.75, 3.05) is 6.54 Å². The largest absolute Gasteiger partial charge is 0.471 e. The molecule has 0 bridgehead atoms. The van der Waals surface area contributed by atoms with E-state index in [9.17, 15) is 0 Å². The van der Waals surface area contributed by atoms with Crippen molar-refractivity contribution in [3.05, 3.63) is 0 Å². The molecule has 1 rings (SSSR count). The fraction of sp³-hybridized carbons (Fsp3) is 0.500. The van der Waals surface area contributed by atoms with E-state index in [1.807, 2.05) is 0 Å². The number of ether oxygens (including phenoxy) is 1. The van der Waals surface area contributed by atoms with Gasteiger partial charge in [0.1, 0.15) is 4.99 Å². The van der Waals surface area contributed by atoms with Crippen molar-refractivity contribution in [1.82, 2.24) is 0 Å². The first-order valence-corrected chi connectivity index (χ1v) is 2.64. The molecule has 0 spiro atoms. The second kappa shape index (κ2) is 2.09. The van der Waals surface area contributed by atoms with Crippen molar-refractivity contribution in [3.63, 3.8) is 0 Å². The van der Waals surface area contributed by atoms with Crippen LogP contribution in [0, 0.1) is 0 Å². The van der Waals surface area contributed by atoms with Gasteiger partial charge in [-0.05, 0) is 0 Å². The minimum atomic E-state index is -0.148. The third-order valence-corrected chi connectivity index (χ3v) is 1.15. The maximum absolute atomic E-state index is 5.22. The van der Waals surface area contributed by atoms with Crippen LogP contribution in [0.15, 0.2) is 4.99 Å². The summed E-state index contributed by atoms with van der Waals surface area (Å²) in [7, 11) is 0.